The highest BCUT2D eigenvalue weighted by atomic mass is 15.1. The Kier molecular flexibility index (Phi) is 5.90. The Hall–Kier alpha value is -0.120. The van der Waals surface area contributed by atoms with Gasteiger partial charge in [-0.15, -0.1) is 0 Å². The van der Waals surface area contributed by atoms with Gasteiger partial charge in [0.25, 0.3) is 0 Å². The molecule has 102 valence electrons. The Morgan fingerprint density at radius 2 is 1.82 bits per heavy atom. The van der Waals surface area contributed by atoms with Gasteiger partial charge in [0.15, 0.2) is 0 Å². The monoisotopic (exact) mass is 241 g/mol. The van der Waals surface area contributed by atoms with Crippen LogP contribution in [0.5, 0.6) is 0 Å². The SMILES string of the molecule is CNCC(C)(C)CN1CCC(CN(C)C)CC1. The first kappa shape index (κ1) is 14.9. The third-order valence-electron chi connectivity index (χ3n) is 3.64. The molecule has 1 N–H and O–H groups in total. The number of hydrogen-bond acceptors (Lipinski definition) is 3. The third-order valence-corrected chi connectivity index (χ3v) is 3.64. The minimum Gasteiger partial charge on any atom is -0.319 e. The Labute approximate surface area is 108 Å². The molecule has 0 unspecified atom stereocenters. The van der Waals surface area contributed by atoms with Crippen molar-refractivity contribution in [2.45, 2.75) is 26.7 Å². The molecule has 0 aliphatic carbocycles. The fourth-order valence-corrected chi connectivity index (χ4v) is 2.98. The van der Waals surface area contributed by atoms with Gasteiger partial charge in [0.05, 0.1) is 0 Å². The van der Waals surface area contributed by atoms with E-state index in [2.05, 4.69) is 43.1 Å². The molecule has 0 saturated carbocycles. The average molecular weight is 241 g/mol. The van der Waals surface area contributed by atoms with Crippen molar-refractivity contribution < 1.29 is 0 Å². The van der Waals surface area contributed by atoms with Crippen LogP contribution < -0.4 is 5.32 Å². The summed E-state index contributed by atoms with van der Waals surface area (Å²) in [5, 5.41) is 3.30. The number of piperidine rings is 1. The second kappa shape index (κ2) is 6.72. The largest absolute Gasteiger partial charge is 0.319 e. The Morgan fingerprint density at radius 3 is 2.29 bits per heavy atom. The van der Waals surface area contributed by atoms with Crippen molar-refractivity contribution >= 4 is 0 Å². The summed E-state index contributed by atoms with van der Waals surface area (Å²) < 4.78 is 0. The summed E-state index contributed by atoms with van der Waals surface area (Å²) in [6.45, 7) is 10.9. The second-order valence-corrected chi connectivity index (χ2v) is 6.68. The van der Waals surface area contributed by atoms with Crippen molar-refractivity contribution in [1.29, 1.82) is 0 Å². The Bertz CT molecular complexity index is 206. The van der Waals surface area contributed by atoms with Crippen molar-refractivity contribution in [2.75, 3.05) is 53.9 Å². The quantitative estimate of drug-likeness (QED) is 0.760. The summed E-state index contributed by atoms with van der Waals surface area (Å²) in [7, 11) is 6.41. The fourth-order valence-electron chi connectivity index (χ4n) is 2.98. The lowest BCUT2D eigenvalue weighted by molar-refractivity contribution is 0.118. The molecule has 0 amide bonds. The maximum absolute atomic E-state index is 3.30. The lowest BCUT2D eigenvalue weighted by Gasteiger charge is -2.38. The zero-order valence-corrected chi connectivity index (χ0v) is 12.4. The van der Waals surface area contributed by atoms with Gasteiger partial charge in [-0.05, 0) is 58.4 Å². The van der Waals surface area contributed by atoms with Gasteiger partial charge < -0.3 is 15.1 Å². The molecular weight excluding hydrogens is 210 g/mol. The minimum atomic E-state index is 0.392. The van der Waals surface area contributed by atoms with Crippen LogP contribution in [0.1, 0.15) is 26.7 Å². The maximum Gasteiger partial charge on any atom is 0.00448 e. The molecule has 3 nitrogen and oxygen atoms in total. The maximum atomic E-state index is 3.30. The van der Waals surface area contributed by atoms with E-state index in [-0.39, 0.29) is 0 Å². The number of hydrogen-bond donors (Lipinski definition) is 1. The molecule has 0 bridgehead atoms. The number of nitrogens with one attached hydrogen (secondary N) is 1. The Morgan fingerprint density at radius 1 is 1.24 bits per heavy atom. The van der Waals surface area contributed by atoms with Crippen LogP contribution >= 0.6 is 0 Å². The van der Waals surface area contributed by atoms with Gasteiger partial charge in [-0.1, -0.05) is 13.8 Å². The van der Waals surface area contributed by atoms with Crippen molar-refractivity contribution in [3.8, 4) is 0 Å². The van der Waals surface area contributed by atoms with Crippen LogP contribution in [0.3, 0.4) is 0 Å². The van der Waals surface area contributed by atoms with Crippen LogP contribution in [0.2, 0.25) is 0 Å². The van der Waals surface area contributed by atoms with Gasteiger partial charge in [-0.25, -0.2) is 0 Å². The molecule has 0 aromatic carbocycles. The number of likely N-dealkylation sites (tertiary alicyclic amines) is 1. The molecule has 0 spiro atoms. The average Bonchev–Trinajstić information content (AvgIpc) is 2.19. The molecule has 3 heteroatoms. The van der Waals surface area contributed by atoms with Crippen LogP contribution in [0, 0.1) is 11.3 Å². The molecule has 0 atom stereocenters. The van der Waals surface area contributed by atoms with Gasteiger partial charge in [-0.3, -0.25) is 0 Å². The second-order valence-electron chi connectivity index (χ2n) is 6.68. The Balaban J connectivity index is 2.27. The molecule has 0 aromatic rings. The summed E-state index contributed by atoms with van der Waals surface area (Å²) >= 11 is 0. The van der Waals surface area contributed by atoms with Gasteiger partial charge in [0.1, 0.15) is 0 Å². The zero-order chi connectivity index (χ0) is 12.9. The standard InChI is InChI=1S/C14H31N3/c1-14(2,11-15-3)12-17-8-6-13(7-9-17)10-16(4)5/h13,15H,6-12H2,1-5H3. The predicted molar refractivity (Wildman–Crippen MR) is 75.4 cm³/mol. The summed E-state index contributed by atoms with van der Waals surface area (Å²) in [5.41, 5.74) is 0.392. The molecule has 1 heterocycles. The first-order chi connectivity index (χ1) is 7.93. The van der Waals surface area contributed by atoms with E-state index in [1.165, 1.54) is 39.0 Å². The predicted octanol–water partition coefficient (Wildman–Crippen LogP) is 1.51. The highest BCUT2D eigenvalue weighted by molar-refractivity contribution is 4.80. The van der Waals surface area contributed by atoms with Crippen molar-refractivity contribution in [3.63, 3.8) is 0 Å². The van der Waals surface area contributed by atoms with E-state index in [1.54, 1.807) is 0 Å². The first-order valence-electron chi connectivity index (χ1n) is 6.94. The van der Waals surface area contributed by atoms with Crippen LogP contribution in [0.15, 0.2) is 0 Å². The van der Waals surface area contributed by atoms with E-state index < -0.39 is 0 Å². The van der Waals surface area contributed by atoms with E-state index in [4.69, 9.17) is 0 Å². The van der Waals surface area contributed by atoms with Gasteiger partial charge in [-0.2, -0.15) is 0 Å². The van der Waals surface area contributed by atoms with E-state index in [0.29, 0.717) is 5.41 Å². The molecule has 1 aliphatic heterocycles. The van der Waals surface area contributed by atoms with E-state index in [9.17, 15) is 0 Å². The minimum absolute atomic E-state index is 0.392. The van der Waals surface area contributed by atoms with Crippen LogP contribution in [0.4, 0.5) is 0 Å². The lowest BCUT2D eigenvalue weighted by Crippen LogP contribution is -2.44. The molecule has 1 aliphatic rings. The normalized spacial score (nSPS) is 20.1. The van der Waals surface area contributed by atoms with E-state index in [0.717, 1.165) is 12.5 Å². The summed E-state index contributed by atoms with van der Waals surface area (Å²) in [6, 6.07) is 0. The fraction of sp³-hybridized carbons (Fsp3) is 1.00. The van der Waals surface area contributed by atoms with E-state index >= 15 is 0 Å². The third kappa shape index (κ3) is 5.84. The molecule has 1 rings (SSSR count). The summed E-state index contributed by atoms with van der Waals surface area (Å²) in [6.07, 6.45) is 2.74. The molecule has 1 fully saturated rings. The molecule has 1 saturated heterocycles. The highest BCUT2D eigenvalue weighted by Crippen LogP contribution is 2.22. The number of rotatable bonds is 6. The van der Waals surface area contributed by atoms with Crippen LogP contribution in [0.25, 0.3) is 0 Å². The van der Waals surface area contributed by atoms with Gasteiger partial charge >= 0.3 is 0 Å². The smallest absolute Gasteiger partial charge is 0.00448 e. The first-order valence-corrected chi connectivity index (χ1v) is 6.94. The zero-order valence-electron chi connectivity index (χ0n) is 12.4. The van der Waals surface area contributed by atoms with Gasteiger partial charge in [0, 0.05) is 19.6 Å². The molecule has 17 heavy (non-hydrogen) atoms. The van der Waals surface area contributed by atoms with Gasteiger partial charge in [0.2, 0.25) is 0 Å². The number of nitrogens with zero attached hydrogens (tertiary/aromatic N) is 2. The van der Waals surface area contributed by atoms with E-state index in [1.807, 2.05) is 7.05 Å². The molecular formula is C14H31N3. The van der Waals surface area contributed by atoms with Crippen molar-refractivity contribution in [1.82, 2.24) is 15.1 Å². The molecule has 0 aromatic heterocycles. The topological polar surface area (TPSA) is 18.5 Å². The lowest BCUT2D eigenvalue weighted by atomic mass is 9.90. The summed E-state index contributed by atoms with van der Waals surface area (Å²) in [5.74, 6) is 0.911. The van der Waals surface area contributed by atoms with Crippen molar-refractivity contribution in [2.24, 2.45) is 11.3 Å². The van der Waals surface area contributed by atoms with Crippen LogP contribution in [-0.2, 0) is 0 Å². The molecule has 0 radical (unpaired) electrons. The summed E-state index contributed by atoms with van der Waals surface area (Å²) in [4.78, 5) is 4.97. The highest BCUT2D eigenvalue weighted by Gasteiger charge is 2.25. The van der Waals surface area contributed by atoms with Crippen molar-refractivity contribution in [3.05, 3.63) is 0 Å². The van der Waals surface area contributed by atoms with Crippen LogP contribution in [-0.4, -0.2) is 63.7 Å².